The van der Waals surface area contributed by atoms with Crippen LogP contribution in [0.5, 0.6) is 0 Å². The maximum absolute atomic E-state index is 8.28. The highest BCUT2D eigenvalue weighted by Gasteiger charge is 2.17. The van der Waals surface area contributed by atoms with E-state index in [1.165, 1.54) is 12.5 Å². The first kappa shape index (κ1) is 11.8. The maximum atomic E-state index is 8.28. The Bertz CT molecular complexity index is 1260. The van der Waals surface area contributed by atoms with Gasteiger partial charge in [0.2, 0.25) is 11.4 Å². The minimum atomic E-state index is -2.48. The van der Waals surface area contributed by atoms with Crippen molar-refractivity contribution in [2.75, 3.05) is 0 Å². The van der Waals surface area contributed by atoms with E-state index in [-0.39, 0.29) is 5.69 Å². The number of aryl methyl sites for hydroxylation is 3. The Morgan fingerprint density at radius 1 is 1.16 bits per heavy atom. The third-order valence-corrected chi connectivity index (χ3v) is 4.63. The van der Waals surface area contributed by atoms with Crippen molar-refractivity contribution in [1.82, 2.24) is 4.98 Å². The van der Waals surface area contributed by atoms with E-state index in [1.54, 1.807) is 12.1 Å². The lowest BCUT2D eigenvalue weighted by Crippen LogP contribution is -2.31. The second-order valence-electron chi connectivity index (χ2n) is 6.64. The van der Waals surface area contributed by atoms with E-state index in [1.807, 2.05) is 20.0 Å². The van der Waals surface area contributed by atoms with Gasteiger partial charge in [0.1, 0.15) is 12.6 Å². The molecule has 0 spiro atoms. The highest BCUT2D eigenvalue weighted by atomic mass is 16.3. The summed E-state index contributed by atoms with van der Waals surface area (Å²) in [7, 11) is 2.02. The molecule has 0 bridgehead atoms. The molecule has 1 unspecified atom stereocenters. The number of furan rings is 1. The molecule has 0 aliphatic carbocycles. The molecule has 0 saturated heterocycles. The molecule has 3 heteroatoms. The average Bonchev–Trinajstić information content (AvgIpc) is 2.96. The fourth-order valence-electron chi connectivity index (χ4n) is 3.31. The van der Waals surface area contributed by atoms with Crippen LogP contribution in [0.4, 0.5) is 0 Å². The van der Waals surface area contributed by atoms with Gasteiger partial charge in [0.25, 0.3) is 0 Å². The largest absolute Gasteiger partial charge is 0.438 e. The van der Waals surface area contributed by atoms with Crippen LogP contribution < -0.4 is 4.57 Å². The van der Waals surface area contributed by atoms with E-state index in [4.69, 9.17) is 9.90 Å². The fourth-order valence-corrected chi connectivity index (χ4v) is 3.31. The SMILES string of the molecule is [2H]C([2H])([2H])C([2H])(C)c1ccc2c(n1)oc1cc(C)c(-c3ccc(C)c[n+]3C)cc12. The lowest BCUT2D eigenvalue weighted by atomic mass is 10.0. The average molecular weight is 335 g/mol. The van der Waals surface area contributed by atoms with Gasteiger partial charge in [0, 0.05) is 39.1 Å². The predicted octanol–water partition coefficient (Wildman–Crippen LogP) is 5.21. The normalized spacial score (nSPS) is 17.0. The Balaban J connectivity index is 1.92. The molecule has 3 heterocycles. The molecule has 0 N–H and O–H groups in total. The van der Waals surface area contributed by atoms with E-state index >= 15 is 0 Å². The summed E-state index contributed by atoms with van der Waals surface area (Å²) in [4.78, 5) is 4.39. The first-order valence-corrected chi connectivity index (χ1v) is 8.30. The van der Waals surface area contributed by atoms with Gasteiger partial charge in [-0.1, -0.05) is 13.8 Å². The van der Waals surface area contributed by atoms with E-state index in [0.29, 0.717) is 11.3 Å². The lowest BCUT2D eigenvalue weighted by Gasteiger charge is -2.05. The van der Waals surface area contributed by atoms with Crippen LogP contribution in [-0.2, 0) is 7.05 Å². The minimum Gasteiger partial charge on any atom is -0.438 e. The van der Waals surface area contributed by atoms with Gasteiger partial charge in [-0.3, -0.25) is 0 Å². The highest BCUT2D eigenvalue weighted by molar-refractivity contribution is 6.05. The van der Waals surface area contributed by atoms with Crippen LogP contribution in [0.25, 0.3) is 33.3 Å². The van der Waals surface area contributed by atoms with Crippen LogP contribution in [0.3, 0.4) is 0 Å². The molecule has 0 saturated carbocycles. The summed E-state index contributed by atoms with van der Waals surface area (Å²) < 4.78 is 39.3. The van der Waals surface area contributed by atoms with Crippen LogP contribution in [0.2, 0.25) is 0 Å². The van der Waals surface area contributed by atoms with Crippen molar-refractivity contribution in [2.45, 2.75) is 33.5 Å². The van der Waals surface area contributed by atoms with Crippen molar-refractivity contribution in [2.24, 2.45) is 7.05 Å². The summed E-state index contributed by atoms with van der Waals surface area (Å²) in [6.45, 7) is 2.97. The Labute approximate surface area is 153 Å². The number of nitrogens with zero attached hydrogens (tertiary/aromatic N) is 2. The van der Waals surface area contributed by atoms with E-state index in [0.717, 1.165) is 27.6 Å². The molecule has 25 heavy (non-hydrogen) atoms. The topological polar surface area (TPSA) is 29.9 Å². The molecule has 0 radical (unpaired) electrons. The smallest absolute Gasteiger partial charge is 0.227 e. The van der Waals surface area contributed by atoms with Gasteiger partial charge in [0.15, 0.2) is 6.20 Å². The summed E-state index contributed by atoms with van der Waals surface area (Å²) >= 11 is 0. The first-order valence-electron chi connectivity index (χ1n) is 10.3. The molecule has 0 amide bonds. The Hall–Kier alpha value is -2.68. The summed E-state index contributed by atoms with van der Waals surface area (Å²) in [6.07, 6.45) is 2.09. The zero-order chi connectivity index (χ0) is 21.1. The third kappa shape index (κ3) is 2.60. The molecule has 4 aromatic rings. The number of rotatable bonds is 2. The van der Waals surface area contributed by atoms with Gasteiger partial charge >= 0.3 is 0 Å². The standard InChI is InChI=1S/C22H23N2O/c1-13(2)19-8-7-16-18-11-17(20-9-6-14(3)12-24(20)5)15(4)10-21(18)25-22(16)23-19/h6-13H,1-5H3/q+1/i1D3,13D. The van der Waals surface area contributed by atoms with Crippen LogP contribution >= 0.6 is 0 Å². The molecular formula is C22H23N2O+. The van der Waals surface area contributed by atoms with Crippen LogP contribution in [-0.4, -0.2) is 4.98 Å². The quantitative estimate of drug-likeness (QED) is 0.471. The Morgan fingerprint density at radius 3 is 2.76 bits per heavy atom. The van der Waals surface area contributed by atoms with Crippen LogP contribution in [0, 0.1) is 13.8 Å². The number of benzene rings is 1. The van der Waals surface area contributed by atoms with Crippen molar-refractivity contribution >= 4 is 22.1 Å². The number of hydrogen-bond acceptors (Lipinski definition) is 2. The van der Waals surface area contributed by atoms with Crippen LogP contribution in [0.1, 0.15) is 42.0 Å². The highest BCUT2D eigenvalue weighted by Crippen LogP contribution is 2.33. The van der Waals surface area contributed by atoms with Gasteiger partial charge < -0.3 is 4.42 Å². The summed E-state index contributed by atoms with van der Waals surface area (Å²) in [5.74, 6) is -1.81. The third-order valence-electron chi connectivity index (χ3n) is 4.63. The summed E-state index contributed by atoms with van der Waals surface area (Å²) in [6, 6.07) is 11.7. The van der Waals surface area contributed by atoms with E-state index < -0.39 is 12.7 Å². The van der Waals surface area contributed by atoms with Gasteiger partial charge in [-0.2, -0.15) is 0 Å². The lowest BCUT2D eigenvalue weighted by molar-refractivity contribution is -0.660. The molecule has 0 fully saturated rings. The van der Waals surface area contributed by atoms with Gasteiger partial charge in [-0.05, 0) is 55.6 Å². The Morgan fingerprint density at radius 2 is 2.00 bits per heavy atom. The molecule has 0 aliphatic rings. The molecule has 4 rings (SSSR count). The van der Waals surface area contributed by atoms with Gasteiger partial charge in [-0.15, -0.1) is 0 Å². The molecule has 1 atom stereocenters. The molecule has 0 aliphatic heterocycles. The molecular weight excluding hydrogens is 308 g/mol. The van der Waals surface area contributed by atoms with Crippen molar-refractivity contribution in [3.8, 4) is 11.3 Å². The number of fused-ring (bicyclic) bond motifs is 3. The van der Waals surface area contributed by atoms with Crippen molar-refractivity contribution < 1.29 is 14.5 Å². The van der Waals surface area contributed by atoms with Crippen molar-refractivity contribution in [1.29, 1.82) is 0 Å². The fraction of sp³-hybridized carbons (Fsp3) is 0.273. The van der Waals surface area contributed by atoms with Crippen molar-refractivity contribution in [3.63, 3.8) is 0 Å². The van der Waals surface area contributed by atoms with Gasteiger partial charge in [-0.25, -0.2) is 9.55 Å². The molecule has 3 aromatic heterocycles. The maximum Gasteiger partial charge on any atom is 0.227 e. The number of hydrogen-bond donors (Lipinski definition) is 0. The first-order chi connectivity index (χ1) is 13.5. The zero-order valence-electron chi connectivity index (χ0n) is 18.8. The van der Waals surface area contributed by atoms with E-state index in [9.17, 15) is 0 Å². The number of pyridine rings is 2. The Kier molecular flexibility index (Phi) is 2.69. The molecule has 1 aromatic carbocycles. The van der Waals surface area contributed by atoms with Gasteiger partial charge in [0.05, 0.1) is 0 Å². The van der Waals surface area contributed by atoms with Crippen LogP contribution in [0.15, 0.2) is 47.0 Å². The summed E-state index contributed by atoms with van der Waals surface area (Å²) in [5.41, 5.74) is 5.67. The molecule has 3 nitrogen and oxygen atoms in total. The zero-order valence-corrected chi connectivity index (χ0v) is 14.8. The van der Waals surface area contributed by atoms with E-state index in [2.05, 4.69) is 40.9 Å². The second-order valence-corrected chi connectivity index (χ2v) is 6.64. The van der Waals surface area contributed by atoms with Crippen molar-refractivity contribution in [3.05, 3.63) is 59.4 Å². The monoisotopic (exact) mass is 335 g/mol. The molecule has 126 valence electrons. The minimum absolute atomic E-state index is 0.172. The summed E-state index contributed by atoms with van der Waals surface area (Å²) in [5, 5.41) is 1.72. The second kappa shape index (κ2) is 5.69. The number of aromatic nitrogens is 2. The predicted molar refractivity (Wildman–Crippen MR) is 102 cm³/mol.